The zero-order chi connectivity index (χ0) is 10.6. The third-order valence-electron chi connectivity index (χ3n) is 1.96. The van der Waals surface area contributed by atoms with Crippen molar-refractivity contribution < 1.29 is 4.39 Å². The molecule has 1 aromatic carbocycles. The van der Waals surface area contributed by atoms with E-state index in [4.69, 9.17) is 5.73 Å². The molecule has 0 bridgehead atoms. The average Bonchev–Trinajstić information content (AvgIpc) is 2.13. The summed E-state index contributed by atoms with van der Waals surface area (Å²) < 4.78 is 13.0. The van der Waals surface area contributed by atoms with Crippen LogP contribution in [-0.4, -0.2) is 5.33 Å². The molecule has 3 heteroatoms. The Labute approximate surface area is 91.9 Å². The fraction of sp³-hybridized carbons (Fsp3) is 0.273. The topological polar surface area (TPSA) is 26.0 Å². The van der Waals surface area contributed by atoms with Crippen LogP contribution in [0, 0.1) is 12.7 Å². The molecule has 0 spiro atoms. The van der Waals surface area contributed by atoms with Crippen molar-refractivity contribution in [3.8, 4) is 0 Å². The Balaban J connectivity index is 2.96. The van der Waals surface area contributed by atoms with E-state index in [1.165, 1.54) is 12.1 Å². The van der Waals surface area contributed by atoms with Crippen molar-refractivity contribution in [2.75, 3.05) is 11.1 Å². The maximum atomic E-state index is 13.0. The summed E-state index contributed by atoms with van der Waals surface area (Å²) in [5.74, 6) is -0.241. The number of hydrogen-bond acceptors (Lipinski definition) is 1. The van der Waals surface area contributed by atoms with Crippen LogP contribution >= 0.6 is 15.9 Å². The largest absolute Gasteiger partial charge is 0.398 e. The van der Waals surface area contributed by atoms with Gasteiger partial charge in [-0.05, 0) is 31.0 Å². The first kappa shape index (κ1) is 11.2. The van der Waals surface area contributed by atoms with Gasteiger partial charge < -0.3 is 5.73 Å². The van der Waals surface area contributed by atoms with Crippen LogP contribution in [0.4, 0.5) is 10.1 Å². The van der Waals surface area contributed by atoms with E-state index in [1.54, 1.807) is 6.92 Å². The van der Waals surface area contributed by atoms with Gasteiger partial charge in [0.15, 0.2) is 0 Å². The Morgan fingerprint density at radius 3 is 2.86 bits per heavy atom. The summed E-state index contributed by atoms with van der Waals surface area (Å²) in [5.41, 5.74) is 7.99. The van der Waals surface area contributed by atoms with Gasteiger partial charge in [0, 0.05) is 16.6 Å². The number of aryl methyl sites for hydroxylation is 1. The number of halogens is 2. The molecule has 2 N–H and O–H groups in total. The highest BCUT2D eigenvalue weighted by atomic mass is 79.9. The Kier molecular flexibility index (Phi) is 4.14. The fourth-order valence-electron chi connectivity index (χ4n) is 1.19. The minimum atomic E-state index is -0.241. The molecule has 0 aromatic heterocycles. The van der Waals surface area contributed by atoms with E-state index in [2.05, 4.69) is 15.9 Å². The molecular formula is C11H13BrFN. The van der Waals surface area contributed by atoms with Crippen LogP contribution in [0.5, 0.6) is 0 Å². The predicted octanol–water partition coefficient (Wildman–Crippen LogP) is 3.51. The van der Waals surface area contributed by atoms with Crippen molar-refractivity contribution in [2.45, 2.75) is 13.3 Å². The van der Waals surface area contributed by atoms with Gasteiger partial charge in [-0.15, -0.1) is 0 Å². The smallest absolute Gasteiger partial charge is 0.124 e. The van der Waals surface area contributed by atoms with E-state index in [0.717, 1.165) is 22.9 Å². The zero-order valence-corrected chi connectivity index (χ0v) is 9.64. The van der Waals surface area contributed by atoms with Crippen LogP contribution in [0.3, 0.4) is 0 Å². The maximum absolute atomic E-state index is 13.0. The van der Waals surface area contributed by atoms with Gasteiger partial charge in [-0.1, -0.05) is 28.1 Å². The first-order valence-corrected chi connectivity index (χ1v) is 5.55. The number of alkyl halides is 1. The minimum absolute atomic E-state index is 0.241. The first-order chi connectivity index (χ1) is 6.65. The van der Waals surface area contributed by atoms with Crippen LogP contribution in [0.15, 0.2) is 18.2 Å². The molecule has 1 nitrogen and oxygen atoms in total. The van der Waals surface area contributed by atoms with Crippen molar-refractivity contribution in [1.29, 1.82) is 0 Å². The Bertz CT molecular complexity index is 347. The van der Waals surface area contributed by atoms with Gasteiger partial charge in [-0.25, -0.2) is 4.39 Å². The molecule has 1 rings (SSSR count). The Morgan fingerprint density at radius 2 is 2.21 bits per heavy atom. The molecule has 1 aromatic rings. The van der Waals surface area contributed by atoms with Gasteiger partial charge in [-0.3, -0.25) is 0 Å². The van der Waals surface area contributed by atoms with Crippen molar-refractivity contribution in [2.24, 2.45) is 0 Å². The molecule has 0 aliphatic rings. The molecule has 0 atom stereocenters. The molecule has 76 valence electrons. The highest BCUT2D eigenvalue weighted by Crippen LogP contribution is 2.20. The Morgan fingerprint density at radius 1 is 1.50 bits per heavy atom. The van der Waals surface area contributed by atoms with Crippen LogP contribution in [0.1, 0.15) is 17.5 Å². The van der Waals surface area contributed by atoms with Gasteiger partial charge in [0.2, 0.25) is 0 Å². The summed E-state index contributed by atoms with van der Waals surface area (Å²) in [6.45, 7) is 1.81. The number of benzene rings is 1. The van der Waals surface area contributed by atoms with Crippen molar-refractivity contribution >= 4 is 27.7 Å². The summed E-state index contributed by atoms with van der Waals surface area (Å²) in [6.07, 6.45) is 4.74. The van der Waals surface area contributed by atoms with Gasteiger partial charge in [0.05, 0.1) is 0 Å². The molecule has 14 heavy (non-hydrogen) atoms. The first-order valence-electron chi connectivity index (χ1n) is 4.43. The van der Waals surface area contributed by atoms with Crippen LogP contribution in [0.25, 0.3) is 6.08 Å². The quantitative estimate of drug-likeness (QED) is 0.651. The average molecular weight is 258 g/mol. The third-order valence-corrected chi connectivity index (χ3v) is 2.41. The van der Waals surface area contributed by atoms with E-state index in [-0.39, 0.29) is 5.82 Å². The highest BCUT2D eigenvalue weighted by molar-refractivity contribution is 9.09. The number of anilines is 1. The van der Waals surface area contributed by atoms with Gasteiger partial charge in [0.1, 0.15) is 5.82 Å². The molecule has 0 heterocycles. The number of nitrogens with two attached hydrogens (primary N) is 1. The summed E-state index contributed by atoms with van der Waals surface area (Å²) >= 11 is 3.31. The fourth-order valence-corrected chi connectivity index (χ4v) is 1.46. The van der Waals surface area contributed by atoms with E-state index < -0.39 is 0 Å². The molecular weight excluding hydrogens is 245 g/mol. The number of allylic oxidation sites excluding steroid dienone is 1. The molecule has 0 aliphatic heterocycles. The molecule has 0 amide bonds. The summed E-state index contributed by atoms with van der Waals surface area (Å²) in [4.78, 5) is 0. The maximum Gasteiger partial charge on any atom is 0.124 e. The molecule has 0 saturated carbocycles. The standard InChI is InChI=1S/C11H13BrFN/c1-8-6-10(13)7-9(11(8)14)4-2-3-5-12/h2,4,6-7H,3,5,14H2,1H3. The van der Waals surface area contributed by atoms with E-state index in [9.17, 15) is 4.39 Å². The second-order valence-electron chi connectivity index (χ2n) is 3.11. The van der Waals surface area contributed by atoms with Crippen LogP contribution in [0.2, 0.25) is 0 Å². The number of rotatable bonds is 3. The second kappa shape index (κ2) is 5.15. The van der Waals surface area contributed by atoms with Crippen molar-refractivity contribution in [3.05, 3.63) is 35.2 Å². The molecule has 0 radical (unpaired) electrons. The van der Waals surface area contributed by atoms with Gasteiger partial charge in [-0.2, -0.15) is 0 Å². The lowest BCUT2D eigenvalue weighted by Gasteiger charge is -2.04. The van der Waals surface area contributed by atoms with E-state index in [0.29, 0.717) is 5.69 Å². The van der Waals surface area contributed by atoms with Crippen molar-refractivity contribution in [1.82, 2.24) is 0 Å². The van der Waals surface area contributed by atoms with Crippen LogP contribution in [-0.2, 0) is 0 Å². The Hall–Kier alpha value is -0.830. The van der Waals surface area contributed by atoms with Gasteiger partial charge >= 0.3 is 0 Å². The summed E-state index contributed by atoms with van der Waals surface area (Å²) in [6, 6.07) is 2.89. The number of hydrogen-bond donors (Lipinski definition) is 1. The monoisotopic (exact) mass is 257 g/mol. The van der Waals surface area contributed by atoms with E-state index >= 15 is 0 Å². The SMILES string of the molecule is Cc1cc(F)cc(C=CCCBr)c1N. The predicted molar refractivity (Wildman–Crippen MR) is 63.0 cm³/mol. The lowest BCUT2D eigenvalue weighted by molar-refractivity contribution is 0.626. The van der Waals surface area contributed by atoms with E-state index in [1.807, 2.05) is 12.2 Å². The highest BCUT2D eigenvalue weighted by Gasteiger charge is 2.01. The summed E-state index contributed by atoms with van der Waals surface area (Å²) in [5, 5.41) is 0.900. The normalized spacial score (nSPS) is 11.1. The third kappa shape index (κ3) is 2.84. The molecule has 0 aliphatic carbocycles. The lowest BCUT2D eigenvalue weighted by atomic mass is 10.1. The lowest BCUT2D eigenvalue weighted by Crippen LogP contribution is -1.94. The van der Waals surface area contributed by atoms with Crippen LogP contribution < -0.4 is 5.73 Å². The number of nitrogen functional groups attached to an aromatic ring is 1. The summed E-state index contributed by atoms with van der Waals surface area (Å²) in [7, 11) is 0. The minimum Gasteiger partial charge on any atom is -0.398 e. The molecule has 0 saturated heterocycles. The molecule has 0 unspecified atom stereocenters. The molecule has 0 fully saturated rings. The van der Waals surface area contributed by atoms with Gasteiger partial charge in [0.25, 0.3) is 0 Å². The van der Waals surface area contributed by atoms with Crippen molar-refractivity contribution in [3.63, 3.8) is 0 Å². The second-order valence-corrected chi connectivity index (χ2v) is 3.90. The zero-order valence-electron chi connectivity index (χ0n) is 8.06.